The lowest BCUT2D eigenvalue weighted by Gasteiger charge is -2.69. The molecule has 11 nitrogen and oxygen atoms in total. The van der Waals surface area contributed by atoms with Gasteiger partial charge in [0.2, 0.25) is 0 Å². The Kier molecular flexibility index (Phi) is 10.9. The molecule has 53 heavy (non-hydrogen) atoms. The summed E-state index contributed by atoms with van der Waals surface area (Å²) < 4.78 is 24.5. The molecule has 2 aromatic rings. The molecule has 2 N–H and O–H groups in total. The Hall–Kier alpha value is -3.70. The molecule has 4 fully saturated rings. The Labute approximate surface area is 314 Å². The number of aromatic nitrogens is 3. The van der Waals surface area contributed by atoms with Gasteiger partial charge in [-0.25, -0.2) is 9.48 Å². The highest BCUT2D eigenvalue weighted by Crippen LogP contribution is 2.74. The van der Waals surface area contributed by atoms with Gasteiger partial charge in [0.15, 0.2) is 11.5 Å². The number of benzene rings is 1. The number of aliphatic hydroxyl groups excluding tert-OH is 2. The van der Waals surface area contributed by atoms with E-state index in [0.29, 0.717) is 60.1 Å². The second-order valence-corrected chi connectivity index (χ2v) is 17.1. The Morgan fingerprint density at radius 1 is 1.00 bits per heavy atom. The van der Waals surface area contributed by atoms with Crippen molar-refractivity contribution >= 4 is 11.9 Å². The first kappa shape index (κ1) is 39.0. The summed E-state index contributed by atoms with van der Waals surface area (Å²) in [7, 11) is 3.14. The van der Waals surface area contributed by atoms with Crippen LogP contribution in [0.15, 0.2) is 47.2 Å². The highest BCUT2D eigenvalue weighted by Gasteiger charge is 2.70. The minimum Gasteiger partial charge on any atom is -0.493 e. The molecule has 4 aliphatic carbocycles. The van der Waals surface area contributed by atoms with Gasteiger partial charge < -0.3 is 29.2 Å². The average Bonchev–Trinajstić information content (AvgIpc) is 3.69. The molecule has 1 heterocycles. The lowest BCUT2D eigenvalue weighted by atomic mass is 9.36. The Bertz CT molecular complexity index is 1760. The summed E-state index contributed by atoms with van der Waals surface area (Å²) in [6, 6.07) is 5.40. The summed E-state index contributed by atoms with van der Waals surface area (Å²) in [5.74, 6) is 0.582. The number of methoxy groups -OCH3 is 2. The minimum absolute atomic E-state index is 0.0108. The first-order valence-corrected chi connectivity index (χ1v) is 19.3. The average molecular weight is 734 g/mol. The third kappa shape index (κ3) is 6.81. The van der Waals surface area contributed by atoms with Crippen LogP contribution in [0.2, 0.25) is 0 Å². The molecular formula is C42H59N3O8. The normalized spacial score (nSPS) is 35.6. The molecule has 0 aliphatic heterocycles. The van der Waals surface area contributed by atoms with Gasteiger partial charge in [0.05, 0.1) is 38.3 Å². The standard InChI is InChI=1S/C42H59N3O8/c1-24(2)11-10-12-29(39(49)52-23-27-22-45(44-43-27)28-13-14-34(50-8)35(19-28)51-9)37-31-20-33(48)38-40(5)17-16-32(47)25(3)30(40)15-18-41(38,6)42(31,7)21-36(37)53-26(4)46/h11,13-14,19,22,25,30-33,36,38,47-48H,10,12,15-18,20-21,23H2,1-9H3/b37-29-/t25-,30-,31-,32+,33+,36-,38-,40-,41-,42-/m0/s1. The van der Waals surface area contributed by atoms with Crippen molar-refractivity contribution in [2.75, 3.05) is 14.2 Å². The van der Waals surface area contributed by atoms with E-state index in [1.54, 1.807) is 37.2 Å². The van der Waals surface area contributed by atoms with E-state index in [0.717, 1.165) is 36.8 Å². The van der Waals surface area contributed by atoms with Crippen LogP contribution in [-0.2, 0) is 25.7 Å². The van der Waals surface area contributed by atoms with Crippen LogP contribution in [0.4, 0.5) is 0 Å². The van der Waals surface area contributed by atoms with Crippen LogP contribution in [0.1, 0.15) is 106 Å². The van der Waals surface area contributed by atoms with Crippen molar-refractivity contribution in [2.24, 2.45) is 39.9 Å². The molecule has 0 spiro atoms. The molecule has 1 aromatic carbocycles. The summed E-state index contributed by atoms with van der Waals surface area (Å²) in [5.41, 5.74) is 2.83. The second kappa shape index (κ2) is 14.9. The maximum atomic E-state index is 14.4. The minimum atomic E-state index is -0.610. The van der Waals surface area contributed by atoms with Crippen molar-refractivity contribution in [3.8, 4) is 17.2 Å². The van der Waals surface area contributed by atoms with Gasteiger partial charge in [-0.05, 0) is 123 Å². The fourth-order valence-electron chi connectivity index (χ4n) is 11.5. The number of allylic oxidation sites excluding steroid dienone is 2. The predicted molar refractivity (Wildman–Crippen MR) is 199 cm³/mol. The first-order chi connectivity index (χ1) is 25.1. The number of carbonyl (C=O) groups excluding carboxylic acids is 2. The molecule has 0 saturated heterocycles. The summed E-state index contributed by atoms with van der Waals surface area (Å²) in [4.78, 5) is 27.1. The van der Waals surface area contributed by atoms with Crippen LogP contribution in [0, 0.1) is 39.9 Å². The molecule has 4 saturated carbocycles. The van der Waals surface area contributed by atoms with E-state index in [2.05, 4.69) is 44.1 Å². The third-order valence-corrected chi connectivity index (χ3v) is 14.1. The molecule has 0 radical (unpaired) electrons. The molecule has 1 aromatic heterocycles. The Balaban J connectivity index is 1.34. The summed E-state index contributed by atoms with van der Waals surface area (Å²) in [6.45, 7) is 14.5. The van der Waals surface area contributed by atoms with Crippen LogP contribution in [0.25, 0.3) is 5.69 Å². The number of esters is 2. The number of nitrogens with zero attached hydrogens (tertiary/aromatic N) is 3. The van der Waals surface area contributed by atoms with Gasteiger partial charge in [0.25, 0.3) is 0 Å². The van der Waals surface area contributed by atoms with Gasteiger partial charge in [0, 0.05) is 18.6 Å². The van der Waals surface area contributed by atoms with Crippen molar-refractivity contribution in [1.29, 1.82) is 0 Å². The SMILES string of the molecule is COc1ccc(-n2cc(COC(=O)/C(CCC=C(C)C)=C3\[C@@H](OC(C)=O)C[C@@]4(C)[C@H]3C[C@@H](O)[C@H]3[C@@]5(C)CC[C@@H](O)[C@@H](C)[C@@H]5CC[C@@]34C)nn2)cc1OC. The molecule has 10 atom stereocenters. The fraction of sp³-hybridized carbons (Fsp3) is 0.667. The molecular weight excluding hydrogens is 674 g/mol. The smallest absolute Gasteiger partial charge is 0.334 e. The summed E-state index contributed by atoms with van der Waals surface area (Å²) in [6.07, 6.45) is 7.81. The number of rotatable bonds is 10. The Morgan fingerprint density at radius 2 is 1.74 bits per heavy atom. The lowest BCUT2D eigenvalue weighted by molar-refractivity contribution is -0.234. The van der Waals surface area contributed by atoms with Crippen molar-refractivity contribution in [2.45, 2.75) is 125 Å². The number of aliphatic hydroxyl groups is 2. The van der Waals surface area contributed by atoms with Crippen LogP contribution in [0.3, 0.4) is 0 Å². The fourth-order valence-corrected chi connectivity index (χ4v) is 11.5. The van der Waals surface area contributed by atoms with Crippen LogP contribution < -0.4 is 9.47 Å². The topological polar surface area (TPSA) is 142 Å². The number of fused-ring (bicyclic) bond motifs is 5. The maximum absolute atomic E-state index is 14.4. The van der Waals surface area contributed by atoms with Crippen molar-refractivity contribution in [1.82, 2.24) is 15.0 Å². The van der Waals surface area contributed by atoms with Gasteiger partial charge in [-0.2, -0.15) is 0 Å². The van der Waals surface area contributed by atoms with E-state index in [9.17, 15) is 19.8 Å². The van der Waals surface area contributed by atoms with Crippen LogP contribution in [0.5, 0.6) is 11.5 Å². The van der Waals surface area contributed by atoms with Gasteiger partial charge in [-0.3, -0.25) is 4.79 Å². The molecule has 0 unspecified atom stereocenters. The molecule has 4 aliphatic rings. The molecule has 6 rings (SSSR count). The van der Waals surface area contributed by atoms with Gasteiger partial charge in [-0.1, -0.05) is 44.6 Å². The van der Waals surface area contributed by atoms with Crippen molar-refractivity contribution in [3.05, 3.63) is 52.9 Å². The maximum Gasteiger partial charge on any atom is 0.334 e. The number of hydrogen-bond acceptors (Lipinski definition) is 10. The van der Waals surface area contributed by atoms with Crippen LogP contribution >= 0.6 is 0 Å². The van der Waals surface area contributed by atoms with E-state index >= 15 is 0 Å². The zero-order valence-corrected chi connectivity index (χ0v) is 33.0. The highest BCUT2D eigenvalue weighted by atomic mass is 16.5. The monoisotopic (exact) mass is 733 g/mol. The lowest BCUT2D eigenvalue weighted by Crippen LogP contribution is -2.65. The first-order valence-electron chi connectivity index (χ1n) is 19.3. The zero-order valence-electron chi connectivity index (χ0n) is 33.0. The van der Waals surface area contributed by atoms with E-state index in [1.807, 2.05) is 19.9 Å². The molecule has 0 amide bonds. The third-order valence-electron chi connectivity index (χ3n) is 14.1. The predicted octanol–water partition coefficient (Wildman–Crippen LogP) is 6.92. The van der Waals surface area contributed by atoms with Gasteiger partial charge >= 0.3 is 11.9 Å². The quantitative estimate of drug-likeness (QED) is 0.150. The Morgan fingerprint density at radius 3 is 2.42 bits per heavy atom. The van der Waals surface area contributed by atoms with Gasteiger partial charge in [-0.15, -0.1) is 5.10 Å². The number of ether oxygens (including phenoxy) is 4. The van der Waals surface area contributed by atoms with E-state index in [4.69, 9.17) is 18.9 Å². The molecule has 290 valence electrons. The summed E-state index contributed by atoms with van der Waals surface area (Å²) >= 11 is 0. The van der Waals surface area contributed by atoms with Crippen molar-refractivity contribution in [3.63, 3.8) is 0 Å². The van der Waals surface area contributed by atoms with Crippen LogP contribution in [-0.4, -0.2) is 69.7 Å². The zero-order chi connectivity index (χ0) is 38.5. The largest absolute Gasteiger partial charge is 0.493 e. The van der Waals surface area contributed by atoms with Gasteiger partial charge in [0.1, 0.15) is 18.4 Å². The summed E-state index contributed by atoms with van der Waals surface area (Å²) in [5, 5.41) is 31.7. The number of carbonyl (C=O) groups is 2. The van der Waals surface area contributed by atoms with E-state index in [1.165, 1.54) is 6.92 Å². The highest BCUT2D eigenvalue weighted by molar-refractivity contribution is 5.90. The number of hydrogen-bond donors (Lipinski definition) is 2. The van der Waals surface area contributed by atoms with E-state index < -0.39 is 24.1 Å². The second-order valence-electron chi connectivity index (χ2n) is 17.1. The van der Waals surface area contributed by atoms with Crippen molar-refractivity contribution < 1.29 is 38.7 Å². The van der Waals surface area contributed by atoms with E-state index in [-0.39, 0.29) is 46.7 Å². The molecule has 0 bridgehead atoms. The molecule has 11 heteroatoms.